The minimum absolute atomic E-state index is 0.101. The van der Waals surface area contributed by atoms with Gasteiger partial charge in [0.05, 0.1) is 0 Å². The number of aromatic nitrogens is 1. The smallest absolute Gasteiger partial charge is 0.132 e. The van der Waals surface area contributed by atoms with Gasteiger partial charge in [-0.1, -0.05) is 39.0 Å². The summed E-state index contributed by atoms with van der Waals surface area (Å²) < 4.78 is 0. The van der Waals surface area contributed by atoms with E-state index in [2.05, 4.69) is 17.1 Å². The van der Waals surface area contributed by atoms with Crippen molar-refractivity contribution in [3.63, 3.8) is 0 Å². The standard InChI is InChI=1S/C13H15NO.C2H6/c1-9(10(2)15)7-11-8-14-13-6-4-3-5-12(11)13;1-2/h3-6,8-9,14H,7H2,1-2H3;1-2H3. The first-order valence-corrected chi connectivity index (χ1v) is 6.24. The van der Waals surface area contributed by atoms with Crippen LogP contribution in [0.4, 0.5) is 0 Å². The fraction of sp³-hybridized carbons (Fsp3) is 0.400. The number of carbonyl (C=O) groups excluding carboxylic acids is 1. The topological polar surface area (TPSA) is 32.9 Å². The number of nitrogens with one attached hydrogen (secondary N) is 1. The minimum atomic E-state index is 0.101. The van der Waals surface area contributed by atoms with E-state index in [1.807, 2.05) is 39.1 Å². The first kappa shape index (κ1) is 13.5. The molecule has 2 rings (SSSR count). The molecule has 2 heteroatoms. The zero-order chi connectivity index (χ0) is 12.8. The molecule has 0 radical (unpaired) electrons. The summed E-state index contributed by atoms with van der Waals surface area (Å²) in [6.45, 7) is 7.63. The van der Waals surface area contributed by atoms with Crippen LogP contribution >= 0.6 is 0 Å². The fourth-order valence-electron chi connectivity index (χ4n) is 1.77. The Hall–Kier alpha value is -1.57. The lowest BCUT2D eigenvalue weighted by Crippen LogP contribution is -2.08. The van der Waals surface area contributed by atoms with Gasteiger partial charge in [-0.3, -0.25) is 4.79 Å². The van der Waals surface area contributed by atoms with Crippen molar-refractivity contribution in [1.82, 2.24) is 4.98 Å². The molecule has 0 saturated heterocycles. The van der Waals surface area contributed by atoms with Gasteiger partial charge < -0.3 is 4.98 Å². The average Bonchev–Trinajstić information content (AvgIpc) is 2.75. The number of rotatable bonds is 3. The molecule has 0 fully saturated rings. The Morgan fingerprint density at radius 2 is 1.94 bits per heavy atom. The lowest BCUT2D eigenvalue weighted by atomic mass is 9.98. The van der Waals surface area contributed by atoms with Crippen molar-refractivity contribution in [3.8, 4) is 0 Å². The van der Waals surface area contributed by atoms with Gasteiger partial charge in [0.25, 0.3) is 0 Å². The van der Waals surface area contributed by atoms with E-state index >= 15 is 0 Å². The van der Waals surface area contributed by atoms with E-state index in [-0.39, 0.29) is 11.7 Å². The van der Waals surface area contributed by atoms with Crippen molar-refractivity contribution in [2.45, 2.75) is 34.1 Å². The quantitative estimate of drug-likeness (QED) is 0.852. The maximum Gasteiger partial charge on any atom is 0.132 e. The molecule has 0 aliphatic rings. The highest BCUT2D eigenvalue weighted by atomic mass is 16.1. The first-order chi connectivity index (χ1) is 8.18. The van der Waals surface area contributed by atoms with Gasteiger partial charge in [-0.2, -0.15) is 0 Å². The molecule has 1 unspecified atom stereocenters. The van der Waals surface area contributed by atoms with Crippen LogP contribution in [-0.2, 0) is 11.2 Å². The fourth-order valence-corrected chi connectivity index (χ4v) is 1.77. The second-order valence-electron chi connectivity index (χ2n) is 4.08. The molecule has 0 spiro atoms. The van der Waals surface area contributed by atoms with E-state index < -0.39 is 0 Å². The number of aromatic amines is 1. The maximum absolute atomic E-state index is 11.2. The van der Waals surface area contributed by atoms with Crippen molar-refractivity contribution >= 4 is 16.7 Å². The number of Topliss-reactive ketones (excluding diaryl/α,β-unsaturated/α-hetero) is 1. The van der Waals surface area contributed by atoms with Crippen LogP contribution in [0.2, 0.25) is 0 Å². The first-order valence-electron chi connectivity index (χ1n) is 6.24. The zero-order valence-electron chi connectivity index (χ0n) is 11.1. The van der Waals surface area contributed by atoms with Crippen LogP contribution in [0.1, 0.15) is 33.3 Å². The van der Waals surface area contributed by atoms with Crippen LogP contribution < -0.4 is 0 Å². The lowest BCUT2D eigenvalue weighted by Gasteiger charge is -2.05. The number of hydrogen-bond acceptors (Lipinski definition) is 1. The van der Waals surface area contributed by atoms with Gasteiger partial charge in [0.2, 0.25) is 0 Å². The summed E-state index contributed by atoms with van der Waals surface area (Å²) in [7, 11) is 0. The van der Waals surface area contributed by atoms with Crippen molar-refractivity contribution in [1.29, 1.82) is 0 Å². The Morgan fingerprint density at radius 1 is 1.29 bits per heavy atom. The molecule has 1 aromatic carbocycles. The molecule has 0 amide bonds. The molecule has 2 aromatic rings. The number of fused-ring (bicyclic) bond motifs is 1. The second kappa shape index (κ2) is 6.24. The average molecular weight is 231 g/mol. The number of hydrogen-bond donors (Lipinski definition) is 1. The van der Waals surface area contributed by atoms with Gasteiger partial charge in [-0.15, -0.1) is 0 Å². The molecule has 0 saturated carbocycles. The second-order valence-corrected chi connectivity index (χ2v) is 4.08. The van der Waals surface area contributed by atoms with Gasteiger partial charge in [0.1, 0.15) is 5.78 Å². The minimum Gasteiger partial charge on any atom is -0.361 e. The highest BCUT2D eigenvalue weighted by Crippen LogP contribution is 2.20. The third kappa shape index (κ3) is 3.19. The van der Waals surface area contributed by atoms with Crippen molar-refractivity contribution < 1.29 is 4.79 Å². The Balaban J connectivity index is 0.000000686. The van der Waals surface area contributed by atoms with Crippen LogP contribution in [0, 0.1) is 5.92 Å². The molecule has 17 heavy (non-hydrogen) atoms. The van der Waals surface area contributed by atoms with E-state index in [1.165, 1.54) is 10.9 Å². The van der Waals surface area contributed by atoms with E-state index in [4.69, 9.17) is 0 Å². The largest absolute Gasteiger partial charge is 0.361 e. The molecule has 1 atom stereocenters. The van der Waals surface area contributed by atoms with E-state index in [0.717, 1.165) is 11.9 Å². The highest BCUT2D eigenvalue weighted by molar-refractivity contribution is 5.84. The number of para-hydroxylation sites is 1. The van der Waals surface area contributed by atoms with Gasteiger partial charge in [-0.05, 0) is 25.0 Å². The molecule has 1 N–H and O–H groups in total. The molecule has 1 aromatic heterocycles. The Labute approximate surface area is 103 Å². The summed E-state index contributed by atoms with van der Waals surface area (Å²) in [5.74, 6) is 0.351. The Kier molecular flexibility index (Phi) is 4.95. The van der Waals surface area contributed by atoms with Crippen molar-refractivity contribution in [3.05, 3.63) is 36.0 Å². The van der Waals surface area contributed by atoms with Crippen molar-refractivity contribution in [2.24, 2.45) is 5.92 Å². The van der Waals surface area contributed by atoms with Crippen molar-refractivity contribution in [2.75, 3.05) is 0 Å². The number of ketones is 1. The van der Waals surface area contributed by atoms with E-state index in [0.29, 0.717) is 0 Å². The Morgan fingerprint density at radius 3 is 2.59 bits per heavy atom. The summed E-state index contributed by atoms with van der Waals surface area (Å²) >= 11 is 0. The summed E-state index contributed by atoms with van der Waals surface area (Å²) in [5, 5.41) is 1.23. The summed E-state index contributed by atoms with van der Waals surface area (Å²) in [6, 6.07) is 8.18. The molecule has 2 nitrogen and oxygen atoms in total. The maximum atomic E-state index is 11.2. The van der Waals surface area contributed by atoms with Gasteiger partial charge >= 0.3 is 0 Å². The predicted octanol–water partition coefficient (Wildman–Crippen LogP) is 3.96. The van der Waals surface area contributed by atoms with Gasteiger partial charge in [0.15, 0.2) is 0 Å². The normalized spacial score (nSPS) is 11.8. The summed E-state index contributed by atoms with van der Waals surface area (Å²) in [5.41, 5.74) is 2.37. The summed E-state index contributed by atoms with van der Waals surface area (Å²) in [6.07, 6.45) is 2.82. The SMILES string of the molecule is CC.CC(=O)C(C)Cc1c[nH]c2ccccc12. The highest BCUT2D eigenvalue weighted by Gasteiger charge is 2.11. The van der Waals surface area contributed by atoms with Gasteiger partial charge in [0, 0.05) is 23.0 Å². The van der Waals surface area contributed by atoms with E-state index in [1.54, 1.807) is 6.92 Å². The molecule has 92 valence electrons. The van der Waals surface area contributed by atoms with Crippen LogP contribution in [0.5, 0.6) is 0 Å². The lowest BCUT2D eigenvalue weighted by molar-refractivity contribution is -0.120. The van der Waals surface area contributed by atoms with Crippen LogP contribution in [0.25, 0.3) is 10.9 Å². The van der Waals surface area contributed by atoms with Crippen LogP contribution in [0.3, 0.4) is 0 Å². The molecular formula is C15H21NO. The third-order valence-electron chi connectivity index (χ3n) is 2.90. The summed E-state index contributed by atoms with van der Waals surface area (Å²) in [4.78, 5) is 14.4. The number of H-pyrrole nitrogens is 1. The third-order valence-corrected chi connectivity index (χ3v) is 2.90. The molecule has 0 aliphatic heterocycles. The number of carbonyl (C=O) groups is 1. The Bertz CT molecular complexity index is 484. The van der Waals surface area contributed by atoms with Gasteiger partial charge in [-0.25, -0.2) is 0 Å². The predicted molar refractivity (Wildman–Crippen MR) is 73.2 cm³/mol. The monoisotopic (exact) mass is 231 g/mol. The zero-order valence-corrected chi connectivity index (χ0v) is 11.1. The van der Waals surface area contributed by atoms with E-state index in [9.17, 15) is 4.79 Å². The number of benzene rings is 1. The molecular weight excluding hydrogens is 210 g/mol. The van der Waals surface area contributed by atoms with Crippen LogP contribution in [-0.4, -0.2) is 10.8 Å². The molecule has 0 aliphatic carbocycles. The molecule has 1 heterocycles. The molecule has 0 bridgehead atoms. The van der Waals surface area contributed by atoms with Crippen LogP contribution in [0.15, 0.2) is 30.5 Å².